The standard InChI is InChI=1S/C18H23N3OS/c1-12(2)18-19-13(3)10-17(21-18)23-11-16(22)20-14(4)15-8-6-5-7-9-15/h5-10,12,14H,11H2,1-4H3,(H,20,22)/t14-/m1/s1. The summed E-state index contributed by atoms with van der Waals surface area (Å²) in [5.41, 5.74) is 2.04. The summed E-state index contributed by atoms with van der Waals surface area (Å²) in [6.07, 6.45) is 0. The van der Waals surface area contributed by atoms with Crippen LogP contribution in [0.15, 0.2) is 41.4 Å². The smallest absolute Gasteiger partial charge is 0.230 e. The number of hydrogen-bond acceptors (Lipinski definition) is 4. The van der Waals surface area contributed by atoms with Crippen molar-refractivity contribution >= 4 is 17.7 Å². The van der Waals surface area contributed by atoms with E-state index in [4.69, 9.17) is 0 Å². The molecular weight excluding hydrogens is 306 g/mol. The van der Waals surface area contributed by atoms with Gasteiger partial charge in [-0.1, -0.05) is 55.9 Å². The van der Waals surface area contributed by atoms with Gasteiger partial charge < -0.3 is 5.32 Å². The lowest BCUT2D eigenvalue weighted by molar-refractivity contribution is -0.119. The van der Waals surface area contributed by atoms with Gasteiger partial charge in [0.1, 0.15) is 10.9 Å². The van der Waals surface area contributed by atoms with Crippen LogP contribution in [0.4, 0.5) is 0 Å². The quantitative estimate of drug-likeness (QED) is 0.645. The summed E-state index contributed by atoms with van der Waals surface area (Å²) in [5.74, 6) is 1.46. The van der Waals surface area contributed by atoms with Crippen LogP contribution in [0.25, 0.3) is 0 Å². The largest absolute Gasteiger partial charge is 0.349 e. The first kappa shape index (κ1) is 17.5. The van der Waals surface area contributed by atoms with Crippen molar-refractivity contribution in [3.05, 3.63) is 53.5 Å². The minimum Gasteiger partial charge on any atom is -0.349 e. The SMILES string of the molecule is Cc1cc(SCC(=O)N[C@H](C)c2ccccc2)nc(C(C)C)n1. The number of carbonyl (C=O) groups excluding carboxylic acids is 1. The summed E-state index contributed by atoms with van der Waals surface area (Å²) in [5, 5.41) is 3.87. The highest BCUT2D eigenvalue weighted by molar-refractivity contribution is 7.99. The van der Waals surface area contributed by atoms with Crippen molar-refractivity contribution in [3.8, 4) is 0 Å². The van der Waals surface area contributed by atoms with E-state index in [1.165, 1.54) is 11.8 Å². The number of carbonyl (C=O) groups is 1. The minimum absolute atomic E-state index is 0.00246. The number of nitrogens with one attached hydrogen (secondary N) is 1. The van der Waals surface area contributed by atoms with Crippen LogP contribution in [0, 0.1) is 6.92 Å². The fourth-order valence-corrected chi connectivity index (χ4v) is 2.92. The molecule has 0 unspecified atom stereocenters. The topological polar surface area (TPSA) is 54.9 Å². The van der Waals surface area contributed by atoms with E-state index < -0.39 is 0 Å². The predicted octanol–water partition coefficient (Wildman–Crippen LogP) is 3.88. The molecule has 1 atom stereocenters. The molecule has 1 aromatic carbocycles. The third-order valence-electron chi connectivity index (χ3n) is 3.39. The van der Waals surface area contributed by atoms with Gasteiger partial charge >= 0.3 is 0 Å². The number of rotatable bonds is 6. The number of hydrogen-bond donors (Lipinski definition) is 1. The van der Waals surface area contributed by atoms with Crippen molar-refractivity contribution in [1.82, 2.24) is 15.3 Å². The maximum Gasteiger partial charge on any atom is 0.230 e. The van der Waals surface area contributed by atoms with Gasteiger partial charge in [-0.3, -0.25) is 4.79 Å². The second-order valence-electron chi connectivity index (χ2n) is 5.85. The van der Waals surface area contributed by atoms with Crippen LogP contribution in [0.5, 0.6) is 0 Å². The third-order valence-corrected chi connectivity index (χ3v) is 4.30. The van der Waals surface area contributed by atoms with Crippen LogP contribution in [0.1, 0.15) is 49.8 Å². The van der Waals surface area contributed by atoms with Crippen molar-refractivity contribution in [2.45, 2.75) is 44.7 Å². The summed E-state index contributed by atoms with van der Waals surface area (Å²) in [4.78, 5) is 21.1. The van der Waals surface area contributed by atoms with Crippen molar-refractivity contribution in [1.29, 1.82) is 0 Å². The number of amides is 1. The van der Waals surface area contributed by atoms with Crippen molar-refractivity contribution in [3.63, 3.8) is 0 Å². The molecule has 5 heteroatoms. The summed E-state index contributed by atoms with van der Waals surface area (Å²) in [6.45, 7) is 8.08. The number of thioether (sulfide) groups is 1. The molecule has 0 spiro atoms. The molecule has 23 heavy (non-hydrogen) atoms. The van der Waals surface area contributed by atoms with Crippen LogP contribution in [-0.4, -0.2) is 21.6 Å². The molecule has 1 N–H and O–H groups in total. The van der Waals surface area contributed by atoms with E-state index in [1.54, 1.807) is 0 Å². The Morgan fingerprint density at radius 2 is 1.87 bits per heavy atom. The van der Waals surface area contributed by atoms with E-state index >= 15 is 0 Å². The van der Waals surface area contributed by atoms with Crippen LogP contribution in [0.3, 0.4) is 0 Å². The maximum atomic E-state index is 12.1. The first-order valence-electron chi connectivity index (χ1n) is 7.78. The Labute approximate surface area is 142 Å². The molecule has 2 aromatic rings. The van der Waals surface area contributed by atoms with Gasteiger partial charge in [0.05, 0.1) is 11.8 Å². The highest BCUT2D eigenvalue weighted by atomic mass is 32.2. The van der Waals surface area contributed by atoms with Gasteiger partial charge in [0, 0.05) is 11.6 Å². The van der Waals surface area contributed by atoms with Gasteiger partial charge in [0.2, 0.25) is 5.91 Å². The Hall–Kier alpha value is -1.88. The van der Waals surface area contributed by atoms with Gasteiger partial charge in [0.15, 0.2) is 0 Å². The normalized spacial score (nSPS) is 12.2. The van der Waals surface area contributed by atoms with Crippen LogP contribution in [0.2, 0.25) is 0 Å². The Balaban J connectivity index is 1.92. The fourth-order valence-electron chi connectivity index (χ4n) is 2.14. The molecular formula is C18H23N3OS. The molecule has 0 saturated carbocycles. The zero-order valence-electron chi connectivity index (χ0n) is 14.0. The molecule has 0 bridgehead atoms. The van der Waals surface area contributed by atoms with E-state index in [1.807, 2.05) is 50.2 Å². The molecule has 0 radical (unpaired) electrons. The Kier molecular flexibility index (Phi) is 6.16. The van der Waals surface area contributed by atoms with Gasteiger partial charge in [-0.2, -0.15) is 0 Å². The summed E-state index contributed by atoms with van der Waals surface area (Å²) in [7, 11) is 0. The Morgan fingerprint density at radius 3 is 2.52 bits per heavy atom. The highest BCUT2D eigenvalue weighted by Gasteiger charge is 2.11. The third kappa shape index (κ3) is 5.36. The molecule has 1 aromatic heterocycles. The molecule has 0 saturated heterocycles. The zero-order valence-corrected chi connectivity index (χ0v) is 14.9. The summed E-state index contributed by atoms with van der Waals surface area (Å²) < 4.78 is 0. The van der Waals surface area contributed by atoms with Gasteiger partial charge in [-0.05, 0) is 25.5 Å². The molecule has 1 amide bonds. The number of aromatic nitrogens is 2. The lowest BCUT2D eigenvalue weighted by Crippen LogP contribution is -2.28. The molecule has 0 aliphatic rings. The minimum atomic E-state index is 0.00246. The number of nitrogens with zero attached hydrogens (tertiary/aromatic N) is 2. The van der Waals surface area contributed by atoms with Crippen LogP contribution >= 0.6 is 11.8 Å². The zero-order chi connectivity index (χ0) is 16.8. The van der Waals surface area contributed by atoms with Crippen molar-refractivity contribution < 1.29 is 4.79 Å². The lowest BCUT2D eigenvalue weighted by Gasteiger charge is -2.14. The average Bonchev–Trinajstić information content (AvgIpc) is 2.53. The van der Waals surface area contributed by atoms with Gasteiger partial charge in [-0.15, -0.1) is 0 Å². The van der Waals surface area contributed by atoms with E-state index in [0.717, 1.165) is 22.1 Å². The summed E-state index contributed by atoms with van der Waals surface area (Å²) >= 11 is 1.45. The number of aryl methyl sites for hydroxylation is 1. The average molecular weight is 329 g/mol. The van der Waals surface area contributed by atoms with Gasteiger partial charge in [-0.25, -0.2) is 9.97 Å². The lowest BCUT2D eigenvalue weighted by atomic mass is 10.1. The molecule has 122 valence electrons. The van der Waals surface area contributed by atoms with E-state index in [9.17, 15) is 4.79 Å². The van der Waals surface area contributed by atoms with E-state index in [-0.39, 0.29) is 17.9 Å². The first-order valence-corrected chi connectivity index (χ1v) is 8.77. The predicted molar refractivity (Wildman–Crippen MR) is 94.6 cm³/mol. The molecule has 1 heterocycles. The molecule has 0 fully saturated rings. The van der Waals surface area contributed by atoms with E-state index in [2.05, 4.69) is 29.1 Å². The van der Waals surface area contributed by atoms with Crippen LogP contribution < -0.4 is 5.32 Å². The molecule has 0 aliphatic carbocycles. The van der Waals surface area contributed by atoms with Crippen molar-refractivity contribution in [2.75, 3.05) is 5.75 Å². The molecule has 4 nitrogen and oxygen atoms in total. The summed E-state index contributed by atoms with van der Waals surface area (Å²) in [6, 6.07) is 11.9. The van der Waals surface area contributed by atoms with Crippen molar-refractivity contribution in [2.24, 2.45) is 0 Å². The molecule has 2 rings (SSSR count). The highest BCUT2D eigenvalue weighted by Crippen LogP contribution is 2.19. The fraction of sp³-hybridized carbons (Fsp3) is 0.389. The molecule has 0 aliphatic heterocycles. The first-order chi connectivity index (χ1) is 11.0. The maximum absolute atomic E-state index is 12.1. The Bertz CT molecular complexity index is 659. The monoisotopic (exact) mass is 329 g/mol. The second-order valence-corrected chi connectivity index (χ2v) is 6.84. The van der Waals surface area contributed by atoms with Crippen LogP contribution in [-0.2, 0) is 4.79 Å². The second kappa shape index (κ2) is 8.11. The van der Waals surface area contributed by atoms with Gasteiger partial charge in [0.25, 0.3) is 0 Å². The Morgan fingerprint density at radius 1 is 1.17 bits per heavy atom. The van der Waals surface area contributed by atoms with E-state index in [0.29, 0.717) is 5.75 Å². The number of benzene rings is 1.